The summed E-state index contributed by atoms with van der Waals surface area (Å²) in [5.41, 5.74) is 0.696. The zero-order chi connectivity index (χ0) is 11.5. The first kappa shape index (κ1) is 12.1. The van der Waals surface area contributed by atoms with Crippen LogP contribution in [0.3, 0.4) is 0 Å². The van der Waals surface area contributed by atoms with E-state index in [0.29, 0.717) is 10.0 Å². The molecule has 0 heterocycles. The summed E-state index contributed by atoms with van der Waals surface area (Å²) < 4.78 is 40.8. The van der Waals surface area contributed by atoms with Crippen LogP contribution in [-0.2, 0) is 0 Å². The normalized spacial score (nSPS) is 11.2. The van der Waals surface area contributed by atoms with E-state index >= 15 is 0 Å². The number of hydrogen-bond acceptors (Lipinski definition) is 1. The lowest BCUT2D eigenvalue weighted by Crippen LogP contribution is -2.19. The van der Waals surface area contributed by atoms with Crippen molar-refractivity contribution in [1.82, 2.24) is 0 Å². The van der Waals surface area contributed by atoms with E-state index < -0.39 is 12.8 Å². The Kier molecular flexibility index (Phi) is 3.79. The van der Waals surface area contributed by atoms with Crippen LogP contribution < -0.4 is 4.74 Å². The average Bonchev–Trinajstić information content (AvgIpc) is 2.13. The van der Waals surface area contributed by atoms with E-state index in [1.807, 2.05) is 0 Å². The predicted octanol–water partition coefficient (Wildman–Crippen LogP) is 4.03. The van der Waals surface area contributed by atoms with E-state index in [4.69, 9.17) is 0 Å². The molecule has 0 spiro atoms. The number of alkyl halides is 3. The number of rotatable bonds is 3. The molecular weight excluding hydrogens is 273 g/mol. The van der Waals surface area contributed by atoms with Gasteiger partial charge in [0.15, 0.2) is 6.61 Å². The second-order valence-electron chi connectivity index (χ2n) is 2.83. The zero-order valence-corrected chi connectivity index (χ0v) is 9.23. The quantitative estimate of drug-likeness (QED) is 0.812. The molecule has 0 bridgehead atoms. The maximum atomic E-state index is 11.9. The van der Waals surface area contributed by atoms with Gasteiger partial charge in [0, 0.05) is 4.47 Å². The molecule has 0 radical (unpaired) electrons. The summed E-state index contributed by atoms with van der Waals surface area (Å²) in [6.07, 6.45) is -2.79. The van der Waals surface area contributed by atoms with Gasteiger partial charge in [-0.15, -0.1) is 0 Å². The summed E-state index contributed by atoms with van der Waals surface area (Å²) in [6.45, 7) is 2.23. The molecule has 0 unspecified atom stereocenters. The van der Waals surface area contributed by atoms with Gasteiger partial charge in [0.05, 0.1) is 0 Å². The number of halogens is 4. The number of hydrogen-bond donors (Lipinski definition) is 0. The highest BCUT2D eigenvalue weighted by molar-refractivity contribution is 9.10. The van der Waals surface area contributed by atoms with Crippen LogP contribution in [-0.4, -0.2) is 12.8 Å². The van der Waals surface area contributed by atoms with Crippen molar-refractivity contribution >= 4 is 22.0 Å². The largest absolute Gasteiger partial charge is 0.484 e. The molecule has 0 N–H and O–H groups in total. The number of ether oxygens (including phenoxy) is 1. The number of benzene rings is 1. The molecule has 1 nitrogen and oxygen atoms in total. The van der Waals surface area contributed by atoms with Gasteiger partial charge in [-0.3, -0.25) is 0 Å². The molecule has 0 amide bonds. The second-order valence-corrected chi connectivity index (χ2v) is 3.74. The van der Waals surface area contributed by atoms with Crippen LogP contribution in [0.1, 0.15) is 5.56 Å². The van der Waals surface area contributed by atoms with E-state index in [1.54, 1.807) is 6.07 Å². The average molecular weight is 281 g/mol. The molecule has 0 fully saturated rings. The predicted molar refractivity (Wildman–Crippen MR) is 55.8 cm³/mol. The summed E-state index contributed by atoms with van der Waals surface area (Å²) >= 11 is 3.17. The molecule has 5 heteroatoms. The fourth-order valence-corrected chi connectivity index (χ4v) is 1.44. The van der Waals surface area contributed by atoms with Gasteiger partial charge >= 0.3 is 6.18 Å². The summed E-state index contributed by atoms with van der Waals surface area (Å²) in [6, 6.07) is 4.69. The minimum absolute atomic E-state index is 0.164. The van der Waals surface area contributed by atoms with Gasteiger partial charge < -0.3 is 4.74 Å². The van der Waals surface area contributed by atoms with Crippen LogP contribution in [0, 0.1) is 0 Å². The third kappa shape index (κ3) is 4.38. The van der Waals surface area contributed by atoms with Crippen molar-refractivity contribution in [2.24, 2.45) is 0 Å². The standard InChI is InChI=1S/C10H8BrF3O/c1-2-7-3-8(11)5-9(4-7)15-6-10(12,13)14/h2-5H,1,6H2. The van der Waals surface area contributed by atoms with Gasteiger partial charge in [0.25, 0.3) is 0 Å². The molecule has 0 aliphatic carbocycles. The van der Waals surface area contributed by atoms with E-state index in [0.717, 1.165) is 0 Å². The molecule has 0 saturated heterocycles. The summed E-state index contributed by atoms with van der Waals surface area (Å²) in [5, 5.41) is 0. The highest BCUT2D eigenvalue weighted by Crippen LogP contribution is 2.24. The Morgan fingerprint density at radius 2 is 2.00 bits per heavy atom. The Balaban J connectivity index is 2.77. The molecule has 0 aromatic heterocycles. The maximum Gasteiger partial charge on any atom is 0.422 e. The third-order valence-corrected chi connectivity index (χ3v) is 1.99. The molecule has 1 rings (SSSR count). The minimum atomic E-state index is -4.32. The van der Waals surface area contributed by atoms with Crippen LogP contribution in [0.25, 0.3) is 6.08 Å². The Hall–Kier alpha value is -0.970. The van der Waals surface area contributed by atoms with Gasteiger partial charge in [-0.1, -0.05) is 28.6 Å². The van der Waals surface area contributed by atoms with Crippen LogP contribution in [0.2, 0.25) is 0 Å². The lowest BCUT2D eigenvalue weighted by atomic mass is 10.2. The molecule has 82 valence electrons. The van der Waals surface area contributed by atoms with Crippen molar-refractivity contribution < 1.29 is 17.9 Å². The fraction of sp³-hybridized carbons (Fsp3) is 0.200. The van der Waals surface area contributed by atoms with Gasteiger partial charge in [-0.25, -0.2) is 0 Å². The smallest absolute Gasteiger partial charge is 0.422 e. The van der Waals surface area contributed by atoms with E-state index in [1.165, 1.54) is 18.2 Å². The summed E-state index contributed by atoms with van der Waals surface area (Å²) in [4.78, 5) is 0. The Labute approximate surface area is 93.7 Å². The van der Waals surface area contributed by atoms with E-state index in [-0.39, 0.29) is 5.75 Å². The van der Waals surface area contributed by atoms with Gasteiger partial charge in [0.1, 0.15) is 5.75 Å². The van der Waals surface area contributed by atoms with Crippen molar-refractivity contribution in [2.45, 2.75) is 6.18 Å². The SMILES string of the molecule is C=Cc1cc(Br)cc(OCC(F)(F)F)c1. The fourth-order valence-electron chi connectivity index (χ4n) is 0.951. The van der Waals surface area contributed by atoms with Crippen molar-refractivity contribution in [3.63, 3.8) is 0 Å². The minimum Gasteiger partial charge on any atom is -0.484 e. The van der Waals surface area contributed by atoms with E-state index in [9.17, 15) is 13.2 Å². The maximum absolute atomic E-state index is 11.9. The van der Waals surface area contributed by atoms with Crippen molar-refractivity contribution in [2.75, 3.05) is 6.61 Å². The molecule has 0 aliphatic rings. The third-order valence-electron chi connectivity index (χ3n) is 1.53. The van der Waals surface area contributed by atoms with Crippen LogP contribution in [0.4, 0.5) is 13.2 Å². The summed E-state index contributed by atoms with van der Waals surface area (Å²) in [5.74, 6) is 0.164. The van der Waals surface area contributed by atoms with Crippen molar-refractivity contribution in [1.29, 1.82) is 0 Å². The lowest BCUT2D eigenvalue weighted by Gasteiger charge is -2.10. The first-order valence-electron chi connectivity index (χ1n) is 4.03. The molecule has 0 saturated carbocycles. The molecule has 1 aromatic carbocycles. The first-order valence-corrected chi connectivity index (χ1v) is 4.82. The molecule has 1 aromatic rings. The zero-order valence-electron chi connectivity index (χ0n) is 7.64. The molecular formula is C10H8BrF3O. The first-order chi connectivity index (χ1) is 6.90. The van der Waals surface area contributed by atoms with Gasteiger partial charge in [-0.05, 0) is 23.8 Å². The lowest BCUT2D eigenvalue weighted by molar-refractivity contribution is -0.153. The second kappa shape index (κ2) is 4.70. The van der Waals surface area contributed by atoms with Crippen LogP contribution in [0.15, 0.2) is 29.3 Å². The molecule has 15 heavy (non-hydrogen) atoms. The Morgan fingerprint density at radius 1 is 1.33 bits per heavy atom. The highest BCUT2D eigenvalue weighted by Gasteiger charge is 2.28. The molecule has 0 atom stereocenters. The molecule has 0 aliphatic heterocycles. The summed E-state index contributed by atoms with van der Waals surface area (Å²) in [7, 11) is 0. The van der Waals surface area contributed by atoms with E-state index in [2.05, 4.69) is 27.2 Å². The van der Waals surface area contributed by atoms with Crippen molar-refractivity contribution in [3.8, 4) is 5.75 Å². The van der Waals surface area contributed by atoms with Crippen LogP contribution in [0.5, 0.6) is 5.75 Å². The highest BCUT2D eigenvalue weighted by atomic mass is 79.9. The Morgan fingerprint density at radius 3 is 2.53 bits per heavy atom. The Bertz CT molecular complexity index is 360. The monoisotopic (exact) mass is 280 g/mol. The topological polar surface area (TPSA) is 9.23 Å². The van der Waals surface area contributed by atoms with Gasteiger partial charge in [-0.2, -0.15) is 13.2 Å². The van der Waals surface area contributed by atoms with Gasteiger partial charge in [0.2, 0.25) is 0 Å². The van der Waals surface area contributed by atoms with Crippen molar-refractivity contribution in [3.05, 3.63) is 34.8 Å². The van der Waals surface area contributed by atoms with Crippen LogP contribution >= 0.6 is 15.9 Å².